The number of benzene rings is 2. The van der Waals surface area contributed by atoms with Crippen LogP contribution in [0, 0.1) is 11.7 Å². The molecule has 1 saturated carbocycles. The van der Waals surface area contributed by atoms with Gasteiger partial charge in [-0.25, -0.2) is 4.39 Å². The Hall–Kier alpha value is -2.03. The van der Waals surface area contributed by atoms with E-state index in [1.54, 1.807) is 23.4 Å². The molecule has 148 valence electrons. The van der Waals surface area contributed by atoms with Gasteiger partial charge in [-0.2, -0.15) is 0 Å². The van der Waals surface area contributed by atoms with Crippen molar-refractivity contribution in [2.24, 2.45) is 5.92 Å². The highest BCUT2D eigenvalue weighted by atomic mass is 19.1. The second kappa shape index (κ2) is 7.42. The van der Waals surface area contributed by atoms with E-state index in [0.717, 1.165) is 30.8 Å². The molecule has 0 saturated heterocycles. The molecule has 3 aliphatic rings. The van der Waals surface area contributed by atoms with Gasteiger partial charge in [0, 0.05) is 32.1 Å². The summed E-state index contributed by atoms with van der Waals surface area (Å²) in [6.45, 7) is 2.33. The lowest BCUT2D eigenvalue weighted by Crippen LogP contribution is -2.44. The van der Waals surface area contributed by atoms with Gasteiger partial charge in [0.25, 0.3) is 0 Å². The molecule has 2 heterocycles. The molecule has 0 bridgehead atoms. The molecule has 2 aromatic rings. The van der Waals surface area contributed by atoms with Crippen LogP contribution in [-0.4, -0.2) is 26.2 Å². The van der Waals surface area contributed by atoms with E-state index in [2.05, 4.69) is 35.0 Å². The predicted octanol–water partition coefficient (Wildman–Crippen LogP) is 5.76. The molecule has 0 aromatic heterocycles. The van der Waals surface area contributed by atoms with E-state index < -0.39 is 0 Å². The van der Waals surface area contributed by atoms with Gasteiger partial charge in [0.15, 0.2) is 0 Å². The Kier molecular flexibility index (Phi) is 4.78. The molecule has 3 atom stereocenters. The molecule has 0 N–H and O–H groups in total. The predicted molar refractivity (Wildman–Crippen MR) is 115 cm³/mol. The summed E-state index contributed by atoms with van der Waals surface area (Å²) in [5.41, 5.74) is 5.86. The van der Waals surface area contributed by atoms with Gasteiger partial charge >= 0.3 is 0 Å². The van der Waals surface area contributed by atoms with Crippen molar-refractivity contribution in [2.75, 3.05) is 29.9 Å². The van der Waals surface area contributed by atoms with Gasteiger partial charge in [0.05, 0.1) is 11.4 Å². The first-order valence-corrected chi connectivity index (χ1v) is 11.1. The molecule has 0 radical (unpaired) electrons. The molecule has 1 unspecified atom stereocenters. The van der Waals surface area contributed by atoms with Crippen LogP contribution in [0.4, 0.5) is 15.8 Å². The van der Waals surface area contributed by atoms with Crippen LogP contribution in [0.2, 0.25) is 0 Å². The molecule has 3 heteroatoms. The van der Waals surface area contributed by atoms with E-state index in [1.165, 1.54) is 56.3 Å². The third-order valence-electron chi connectivity index (χ3n) is 7.38. The van der Waals surface area contributed by atoms with Gasteiger partial charge in [-0.05, 0) is 67.3 Å². The molecule has 28 heavy (non-hydrogen) atoms. The Balaban J connectivity index is 1.20. The van der Waals surface area contributed by atoms with Crippen LogP contribution in [0.15, 0.2) is 42.5 Å². The molecule has 1 fully saturated rings. The van der Waals surface area contributed by atoms with Crippen LogP contribution in [0.1, 0.15) is 55.6 Å². The van der Waals surface area contributed by atoms with Crippen molar-refractivity contribution in [3.63, 3.8) is 0 Å². The zero-order valence-corrected chi connectivity index (χ0v) is 16.9. The van der Waals surface area contributed by atoms with Crippen molar-refractivity contribution < 1.29 is 4.39 Å². The average Bonchev–Trinajstić information content (AvgIpc) is 3.04. The van der Waals surface area contributed by atoms with E-state index in [-0.39, 0.29) is 5.82 Å². The lowest BCUT2D eigenvalue weighted by atomic mass is 9.75. The number of hydrogen-bond acceptors (Lipinski definition) is 2. The Bertz CT molecular complexity index is 831. The van der Waals surface area contributed by atoms with Crippen molar-refractivity contribution >= 4 is 11.4 Å². The standard InChI is InChI=1S/C25H31FN2/c1-27-15-16-28-23-14-11-19(6-3-2-5-18-9-12-20(26)13-10-18)17-22(23)21-7-4-8-24(27)25(21)28/h4,7-10,12-13,19,22-23H,2-3,5-6,11,14-17H2,1H3/t19?,22-,23-/m0/s1. The zero-order chi connectivity index (χ0) is 19.1. The highest BCUT2D eigenvalue weighted by Crippen LogP contribution is 2.54. The molecular formula is C25H31FN2. The summed E-state index contributed by atoms with van der Waals surface area (Å²) < 4.78 is 13.0. The summed E-state index contributed by atoms with van der Waals surface area (Å²) in [5, 5.41) is 0. The Labute approximate surface area is 168 Å². The van der Waals surface area contributed by atoms with Gasteiger partial charge in [0.2, 0.25) is 0 Å². The monoisotopic (exact) mass is 378 g/mol. The molecule has 0 amide bonds. The Morgan fingerprint density at radius 1 is 1.00 bits per heavy atom. The van der Waals surface area contributed by atoms with Crippen molar-refractivity contribution in [1.82, 2.24) is 0 Å². The minimum atomic E-state index is -0.135. The van der Waals surface area contributed by atoms with Crippen LogP contribution >= 0.6 is 0 Å². The van der Waals surface area contributed by atoms with Crippen molar-refractivity contribution in [3.05, 3.63) is 59.4 Å². The molecule has 1 aliphatic carbocycles. The number of fused-ring (bicyclic) bond motifs is 3. The SMILES string of the molecule is CN1CCN2c3c(cccc31)[C@@H]1CC(CCCCc3ccc(F)cc3)CC[C@@H]12. The van der Waals surface area contributed by atoms with Crippen molar-refractivity contribution in [1.29, 1.82) is 0 Å². The first-order chi connectivity index (χ1) is 13.7. The topological polar surface area (TPSA) is 6.48 Å². The average molecular weight is 379 g/mol. The summed E-state index contributed by atoms with van der Waals surface area (Å²) in [6.07, 6.45) is 9.02. The fourth-order valence-corrected chi connectivity index (χ4v) is 5.91. The second-order valence-corrected chi connectivity index (χ2v) is 9.06. The Morgan fingerprint density at radius 2 is 1.86 bits per heavy atom. The molecule has 2 aliphatic heterocycles. The van der Waals surface area contributed by atoms with Crippen LogP contribution in [0.3, 0.4) is 0 Å². The maximum Gasteiger partial charge on any atom is 0.123 e. The van der Waals surface area contributed by atoms with Gasteiger partial charge in [-0.15, -0.1) is 0 Å². The van der Waals surface area contributed by atoms with E-state index in [4.69, 9.17) is 0 Å². The fourth-order valence-electron chi connectivity index (χ4n) is 5.91. The third kappa shape index (κ3) is 3.19. The minimum Gasteiger partial charge on any atom is -0.371 e. The lowest BCUT2D eigenvalue weighted by Gasteiger charge is -2.40. The number of nitrogens with zero attached hydrogens (tertiary/aromatic N) is 2. The molecule has 5 rings (SSSR count). The van der Waals surface area contributed by atoms with Crippen LogP contribution in [0.25, 0.3) is 0 Å². The summed E-state index contributed by atoms with van der Waals surface area (Å²) in [4.78, 5) is 5.17. The minimum absolute atomic E-state index is 0.135. The summed E-state index contributed by atoms with van der Waals surface area (Å²) in [7, 11) is 2.23. The van der Waals surface area contributed by atoms with Gasteiger partial charge < -0.3 is 9.80 Å². The quantitative estimate of drug-likeness (QED) is 0.610. The number of hydrogen-bond donors (Lipinski definition) is 0. The number of halogens is 1. The summed E-state index contributed by atoms with van der Waals surface area (Å²) >= 11 is 0. The molecular weight excluding hydrogens is 347 g/mol. The van der Waals surface area contributed by atoms with Crippen LogP contribution in [-0.2, 0) is 6.42 Å². The van der Waals surface area contributed by atoms with E-state index in [9.17, 15) is 4.39 Å². The maximum absolute atomic E-state index is 13.0. The number of rotatable bonds is 5. The second-order valence-electron chi connectivity index (χ2n) is 9.06. The first-order valence-electron chi connectivity index (χ1n) is 11.1. The number of para-hydroxylation sites is 1. The first kappa shape index (κ1) is 18.0. The molecule has 2 aromatic carbocycles. The van der Waals surface area contributed by atoms with Crippen molar-refractivity contribution in [2.45, 2.75) is 56.9 Å². The number of unbranched alkanes of at least 4 members (excludes halogenated alkanes) is 1. The van der Waals surface area contributed by atoms with Gasteiger partial charge in [0.1, 0.15) is 5.82 Å². The molecule has 0 spiro atoms. The smallest absolute Gasteiger partial charge is 0.123 e. The zero-order valence-electron chi connectivity index (χ0n) is 16.9. The number of anilines is 2. The van der Waals surface area contributed by atoms with Crippen LogP contribution < -0.4 is 9.80 Å². The van der Waals surface area contributed by atoms with E-state index in [1.807, 2.05) is 12.1 Å². The number of aryl methyl sites for hydroxylation is 1. The number of likely N-dealkylation sites (N-methyl/N-ethyl adjacent to an activating group) is 1. The van der Waals surface area contributed by atoms with Crippen LogP contribution in [0.5, 0.6) is 0 Å². The summed E-state index contributed by atoms with van der Waals surface area (Å²) in [6, 6.07) is 14.7. The lowest BCUT2D eigenvalue weighted by molar-refractivity contribution is 0.273. The third-order valence-corrected chi connectivity index (χ3v) is 7.38. The van der Waals surface area contributed by atoms with E-state index >= 15 is 0 Å². The van der Waals surface area contributed by atoms with Crippen molar-refractivity contribution in [3.8, 4) is 0 Å². The largest absolute Gasteiger partial charge is 0.371 e. The molecule has 2 nitrogen and oxygen atoms in total. The normalized spacial score (nSPS) is 25.6. The fraction of sp³-hybridized carbons (Fsp3) is 0.520. The van der Waals surface area contributed by atoms with Gasteiger partial charge in [-0.1, -0.05) is 37.1 Å². The Morgan fingerprint density at radius 3 is 2.71 bits per heavy atom. The summed E-state index contributed by atoms with van der Waals surface area (Å²) in [5.74, 6) is 1.46. The van der Waals surface area contributed by atoms with E-state index in [0.29, 0.717) is 0 Å². The maximum atomic E-state index is 13.0. The highest BCUT2D eigenvalue weighted by molar-refractivity contribution is 5.80. The van der Waals surface area contributed by atoms with Gasteiger partial charge in [-0.3, -0.25) is 0 Å². The highest BCUT2D eigenvalue weighted by Gasteiger charge is 2.44.